The van der Waals surface area contributed by atoms with Crippen LogP contribution in [-0.4, -0.2) is 45.1 Å². The maximum Gasteiger partial charge on any atom is 0.338 e. The largest absolute Gasteiger partial charge is 0.497 e. The van der Waals surface area contributed by atoms with E-state index in [9.17, 15) is 9.59 Å². The molecule has 0 fully saturated rings. The van der Waals surface area contributed by atoms with Crippen LogP contribution in [-0.2, 0) is 9.53 Å². The fourth-order valence-electron chi connectivity index (χ4n) is 4.37. The Hall–Kier alpha value is -3.57. The van der Waals surface area contributed by atoms with Crippen LogP contribution >= 0.6 is 27.3 Å². The number of hydrogen-bond acceptors (Lipinski definition) is 9. The van der Waals surface area contributed by atoms with Crippen LogP contribution in [0.3, 0.4) is 0 Å². The number of esters is 1. The van der Waals surface area contributed by atoms with Gasteiger partial charge in [-0.05, 0) is 62.7 Å². The molecule has 0 saturated heterocycles. The molecule has 2 heterocycles. The molecule has 4 rings (SSSR count). The molecule has 1 aromatic heterocycles. The van der Waals surface area contributed by atoms with Gasteiger partial charge in [-0.25, -0.2) is 9.79 Å². The number of hydrogen-bond donors (Lipinski definition) is 0. The minimum Gasteiger partial charge on any atom is -0.497 e. The van der Waals surface area contributed by atoms with Gasteiger partial charge in [0.25, 0.3) is 5.56 Å². The van der Waals surface area contributed by atoms with Gasteiger partial charge in [-0.3, -0.25) is 9.36 Å². The van der Waals surface area contributed by atoms with Crippen molar-refractivity contribution in [3.8, 4) is 23.0 Å². The number of methoxy groups -OCH3 is 3. The summed E-state index contributed by atoms with van der Waals surface area (Å²) in [6, 6.07) is 8.05. The van der Waals surface area contributed by atoms with Crippen molar-refractivity contribution in [2.75, 3.05) is 34.5 Å². The molecule has 0 spiro atoms. The predicted octanol–water partition coefficient (Wildman–Crippen LogP) is 3.99. The zero-order valence-corrected chi connectivity index (χ0v) is 24.9. The van der Waals surface area contributed by atoms with Crippen molar-refractivity contribution in [1.29, 1.82) is 0 Å². The summed E-state index contributed by atoms with van der Waals surface area (Å²) in [5.41, 5.74) is 1.71. The molecular weight excluding hydrogens is 588 g/mol. The first kappa shape index (κ1) is 28.4. The van der Waals surface area contributed by atoms with Gasteiger partial charge in [0.15, 0.2) is 16.3 Å². The van der Waals surface area contributed by atoms with E-state index in [0.29, 0.717) is 60.2 Å². The second-order valence-electron chi connectivity index (χ2n) is 8.37. The van der Waals surface area contributed by atoms with Crippen LogP contribution in [0, 0.1) is 0 Å². The van der Waals surface area contributed by atoms with Crippen molar-refractivity contribution in [3.63, 3.8) is 0 Å². The van der Waals surface area contributed by atoms with Crippen molar-refractivity contribution in [1.82, 2.24) is 4.57 Å². The first-order chi connectivity index (χ1) is 18.8. The lowest BCUT2D eigenvalue weighted by atomic mass is 9.95. The number of nitrogens with zero attached hydrogens (tertiary/aromatic N) is 2. The Morgan fingerprint density at radius 1 is 1.05 bits per heavy atom. The number of thiazole rings is 1. The average molecular weight is 618 g/mol. The molecular formula is C28H29BrN2O7S. The van der Waals surface area contributed by atoms with E-state index in [2.05, 4.69) is 20.9 Å². The molecule has 0 bridgehead atoms. The van der Waals surface area contributed by atoms with Gasteiger partial charge in [-0.15, -0.1) is 0 Å². The van der Waals surface area contributed by atoms with Crippen LogP contribution in [0.1, 0.15) is 37.9 Å². The zero-order chi connectivity index (χ0) is 28.3. The fraction of sp³-hybridized carbons (Fsp3) is 0.321. The van der Waals surface area contributed by atoms with Gasteiger partial charge >= 0.3 is 5.97 Å². The van der Waals surface area contributed by atoms with Crippen molar-refractivity contribution in [3.05, 3.63) is 76.9 Å². The number of halogens is 1. The third kappa shape index (κ3) is 5.46. The Morgan fingerprint density at radius 3 is 2.44 bits per heavy atom. The van der Waals surface area contributed by atoms with Crippen LogP contribution in [0.25, 0.3) is 6.08 Å². The molecule has 9 nitrogen and oxygen atoms in total. The van der Waals surface area contributed by atoms with Crippen molar-refractivity contribution in [2.24, 2.45) is 4.99 Å². The zero-order valence-electron chi connectivity index (χ0n) is 22.5. The summed E-state index contributed by atoms with van der Waals surface area (Å²) in [7, 11) is 4.67. The normalized spacial score (nSPS) is 14.9. The van der Waals surface area contributed by atoms with Gasteiger partial charge in [-0.2, -0.15) is 0 Å². The maximum absolute atomic E-state index is 14.0. The van der Waals surface area contributed by atoms with Crippen LogP contribution in [0.2, 0.25) is 0 Å². The fourth-order valence-corrected chi connectivity index (χ4v) is 5.94. The van der Waals surface area contributed by atoms with E-state index in [0.717, 1.165) is 0 Å². The molecule has 0 aliphatic carbocycles. The number of fused-ring (bicyclic) bond motifs is 1. The third-order valence-corrected chi connectivity index (χ3v) is 7.79. The van der Waals surface area contributed by atoms with Gasteiger partial charge < -0.3 is 23.7 Å². The molecule has 1 atom stereocenters. The van der Waals surface area contributed by atoms with E-state index in [-0.39, 0.29) is 17.7 Å². The monoisotopic (exact) mass is 616 g/mol. The number of carbonyl (C=O) groups excluding carboxylic acids is 1. The SMILES string of the molecule is CCOC(=O)C1=C(C)N=c2s/c(=C/c3cc(OC)ccc3OC)c(=O)n2[C@H]1c1cc(OC)c(OCC)cc1Br. The molecule has 0 amide bonds. The molecule has 0 N–H and O–H groups in total. The van der Waals surface area contributed by atoms with Crippen molar-refractivity contribution in [2.45, 2.75) is 26.8 Å². The molecule has 11 heteroatoms. The Bertz CT molecular complexity index is 1620. The lowest BCUT2D eigenvalue weighted by molar-refractivity contribution is -0.139. The van der Waals surface area contributed by atoms with Crippen LogP contribution in [0.4, 0.5) is 0 Å². The van der Waals surface area contributed by atoms with E-state index in [1.807, 2.05) is 6.92 Å². The highest BCUT2D eigenvalue weighted by molar-refractivity contribution is 9.10. The molecule has 0 unspecified atom stereocenters. The lowest BCUT2D eigenvalue weighted by Crippen LogP contribution is -2.40. The van der Waals surface area contributed by atoms with Crippen molar-refractivity contribution >= 4 is 39.3 Å². The summed E-state index contributed by atoms with van der Waals surface area (Å²) in [6.07, 6.45) is 1.74. The molecule has 2 aromatic carbocycles. The third-order valence-electron chi connectivity index (χ3n) is 6.12. The van der Waals surface area contributed by atoms with Crippen molar-refractivity contribution < 1.29 is 28.5 Å². The Labute approximate surface area is 238 Å². The maximum atomic E-state index is 14.0. The lowest BCUT2D eigenvalue weighted by Gasteiger charge is -2.26. The highest BCUT2D eigenvalue weighted by atomic mass is 79.9. The Morgan fingerprint density at radius 2 is 1.79 bits per heavy atom. The predicted molar refractivity (Wildman–Crippen MR) is 152 cm³/mol. The van der Waals surface area contributed by atoms with Crippen LogP contribution in [0.5, 0.6) is 23.0 Å². The molecule has 206 valence electrons. The number of carbonyl (C=O) groups is 1. The van der Waals surface area contributed by atoms with Gasteiger partial charge in [0, 0.05) is 10.0 Å². The van der Waals surface area contributed by atoms with Crippen LogP contribution < -0.4 is 33.8 Å². The number of benzene rings is 2. The molecule has 39 heavy (non-hydrogen) atoms. The van der Waals surface area contributed by atoms with Crippen LogP contribution in [0.15, 0.2) is 55.9 Å². The van der Waals surface area contributed by atoms with E-state index in [1.54, 1.807) is 64.5 Å². The molecule has 3 aromatic rings. The average Bonchev–Trinajstić information content (AvgIpc) is 3.22. The highest BCUT2D eigenvalue weighted by Gasteiger charge is 2.35. The number of allylic oxidation sites excluding steroid dienone is 1. The quantitative estimate of drug-likeness (QED) is 0.335. The van der Waals surface area contributed by atoms with E-state index >= 15 is 0 Å². The summed E-state index contributed by atoms with van der Waals surface area (Å²) in [5, 5.41) is 0. The summed E-state index contributed by atoms with van der Waals surface area (Å²) in [6.45, 7) is 5.96. The summed E-state index contributed by atoms with van der Waals surface area (Å²) in [5.74, 6) is 1.66. The topological polar surface area (TPSA) is 97.6 Å². The Balaban J connectivity index is 2.01. The summed E-state index contributed by atoms with van der Waals surface area (Å²) < 4.78 is 30.1. The molecule has 0 saturated carbocycles. The highest BCUT2D eigenvalue weighted by Crippen LogP contribution is 2.41. The van der Waals surface area contributed by atoms with Gasteiger partial charge in [0.05, 0.1) is 56.4 Å². The second kappa shape index (κ2) is 12.1. The minimum atomic E-state index is -0.825. The number of rotatable bonds is 9. The summed E-state index contributed by atoms with van der Waals surface area (Å²) in [4.78, 5) is 32.3. The first-order valence-corrected chi connectivity index (χ1v) is 13.8. The Kier molecular flexibility index (Phi) is 8.81. The number of aromatic nitrogens is 1. The molecule has 1 aliphatic heterocycles. The second-order valence-corrected chi connectivity index (χ2v) is 10.2. The van der Waals surface area contributed by atoms with Gasteiger partial charge in [-0.1, -0.05) is 27.3 Å². The number of ether oxygens (including phenoxy) is 5. The minimum absolute atomic E-state index is 0.177. The van der Waals surface area contributed by atoms with Gasteiger partial charge in [0.2, 0.25) is 0 Å². The van der Waals surface area contributed by atoms with Gasteiger partial charge in [0.1, 0.15) is 11.5 Å². The molecule has 0 radical (unpaired) electrons. The summed E-state index contributed by atoms with van der Waals surface area (Å²) >= 11 is 4.85. The van der Waals surface area contributed by atoms with E-state index in [4.69, 9.17) is 23.7 Å². The standard InChI is InChI=1S/C28H29BrN2O7S/c1-7-37-22-14-19(29)18(13-21(22)36-6)25-24(27(33)38-8-2)15(3)30-28-31(25)26(32)23(39-28)12-16-11-17(34-4)9-10-20(16)35-5/h9-14,25H,7-8H2,1-6H3/b23-12+/t25-/m0/s1. The van der Waals surface area contributed by atoms with E-state index in [1.165, 1.54) is 23.0 Å². The van der Waals surface area contributed by atoms with E-state index < -0.39 is 12.0 Å². The smallest absolute Gasteiger partial charge is 0.338 e. The first-order valence-electron chi connectivity index (χ1n) is 12.2. The molecule has 1 aliphatic rings.